The van der Waals surface area contributed by atoms with Gasteiger partial charge >= 0.3 is 11.7 Å². The van der Waals surface area contributed by atoms with Crippen LogP contribution in [0.25, 0.3) is 11.0 Å². The van der Waals surface area contributed by atoms with Crippen molar-refractivity contribution in [2.45, 2.75) is 45.2 Å². The van der Waals surface area contributed by atoms with Gasteiger partial charge < -0.3 is 9.73 Å². The third-order valence-electron chi connectivity index (χ3n) is 6.18. The average molecular weight is 408 g/mol. The summed E-state index contributed by atoms with van der Waals surface area (Å²) in [4.78, 5) is 40.8. The molecule has 29 heavy (non-hydrogen) atoms. The molecule has 1 spiro atoms. The lowest BCUT2D eigenvalue weighted by atomic mass is 9.80. The number of aryl methyl sites for hydroxylation is 3. The number of imide groups is 1. The maximum Gasteiger partial charge on any atom is 0.336 e. The second-order valence-corrected chi connectivity index (χ2v) is 8.81. The highest BCUT2D eigenvalue weighted by Crippen LogP contribution is 2.42. The van der Waals surface area contributed by atoms with Crippen LogP contribution in [0.3, 0.4) is 0 Å². The Balaban J connectivity index is 1.58. The first-order valence-electron chi connectivity index (χ1n) is 9.64. The van der Waals surface area contributed by atoms with Crippen LogP contribution in [0.1, 0.15) is 40.0 Å². The van der Waals surface area contributed by atoms with Gasteiger partial charge in [-0.05, 0) is 61.2 Å². The van der Waals surface area contributed by atoms with Gasteiger partial charge in [-0.1, -0.05) is 12.1 Å². The van der Waals surface area contributed by atoms with Crippen molar-refractivity contribution in [3.8, 4) is 0 Å². The van der Waals surface area contributed by atoms with Crippen LogP contribution in [-0.4, -0.2) is 16.8 Å². The van der Waals surface area contributed by atoms with E-state index in [4.69, 9.17) is 4.42 Å². The lowest BCUT2D eigenvalue weighted by Crippen LogP contribution is -2.46. The number of rotatable bonds is 2. The summed E-state index contributed by atoms with van der Waals surface area (Å²) in [6.45, 7) is 3.88. The molecule has 1 aliphatic carbocycles. The van der Waals surface area contributed by atoms with Crippen molar-refractivity contribution in [1.29, 1.82) is 0 Å². The molecule has 0 unspecified atom stereocenters. The molecule has 1 fully saturated rings. The first-order chi connectivity index (χ1) is 13.9. The van der Waals surface area contributed by atoms with Crippen LogP contribution < -0.4 is 10.9 Å². The second kappa shape index (κ2) is 6.29. The molecule has 1 aromatic carbocycles. The molecule has 5 rings (SSSR count). The highest BCUT2D eigenvalue weighted by Gasteiger charge is 2.54. The fourth-order valence-electron chi connectivity index (χ4n) is 4.51. The molecule has 6 nitrogen and oxygen atoms in total. The van der Waals surface area contributed by atoms with Gasteiger partial charge in [0.1, 0.15) is 11.1 Å². The van der Waals surface area contributed by atoms with Crippen molar-refractivity contribution in [1.82, 2.24) is 10.2 Å². The molecule has 3 amide bonds. The number of carbonyl (C=O) groups is 2. The number of nitrogens with one attached hydrogen (secondary N) is 1. The molecule has 0 radical (unpaired) electrons. The molecule has 0 saturated carbocycles. The van der Waals surface area contributed by atoms with E-state index in [0.29, 0.717) is 17.6 Å². The Morgan fingerprint density at radius 2 is 2.03 bits per heavy atom. The van der Waals surface area contributed by atoms with Crippen molar-refractivity contribution < 1.29 is 14.0 Å². The number of urea groups is 1. The molecule has 1 atom stereocenters. The van der Waals surface area contributed by atoms with Crippen LogP contribution in [0, 0.1) is 13.8 Å². The Bertz CT molecular complexity index is 1240. The Morgan fingerprint density at radius 1 is 1.21 bits per heavy atom. The number of benzene rings is 1. The standard InChI is InChI=1S/C22H20N2O4S/c1-12-5-6-15-14(10-18(25)28-19(15)13(12)2)11-24-20(26)22(23-21(24)27)8-3-4-17-16(22)7-9-29-17/h5-7,9-10H,3-4,8,11H2,1-2H3,(H,23,27)/t22-/m1/s1. The van der Waals surface area contributed by atoms with Crippen LogP contribution in [0.2, 0.25) is 0 Å². The molecule has 2 aliphatic rings. The number of hydrogen-bond donors (Lipinski definition) is 1. The van der Waals surface area contributed by atoms with Gasteiger partial charge in [-0.3, -0.25) is 9.69 Å². The Kier molecular flexibility index (Phi) is 3.93. The molecule has 1 N–H and O–H groups in total. The van der Waals surface area contributed by atoms with Gasteiger partial charge in [-0.2, -0.15) is 0 Å². The summed E-state index contributed by atoms with van der Waals surface area (Å²) < 4.78 is 5.42. The normalized spacial score (nSPS) is 21.1. The highest BCUT2D eigenvalue weighted by atomic mass is 32.1. The zero-order valence-electron chi connectivity index (χ0n) is 16.2. The predicted octanol–water partition coefficient (Wildman–Crippen LogP) is 3.75. The molecule has 7 heteroatoms. The summed E-state index contributed by atoms with van der Waals surface area (Å²) in [5, 5.41) is 5.68. The van der Waals surface area contributed by atoms with Crippen LogP contribution in [-0.2, 0) is 23.3 Å². The van der Waals surface area contributed by atoms with E-state index in [2.05, 4.69) is 5.32 Å². The number of carbonyl (C=O) groups excluding carboxylic acids is 2. The second-order valence-electron chi connectivity index (χ2n) is 7.81. The Morgan fingerprint density at radius 3 is 2.86 bits per heavy atom. The fraction of sp³-hybridized carbons (Fsp3) is 0.318. The molecule has 3 heterocycles. The highest BCUT2D eigenvalue weighted by molar-refractivity contribution is 7.10. The van der Waals surface area contributed by atoms with Gasteiger partial charge in [0.2, 0.25) is 0 Å². The summed E-state index contributed by atoms with van der Waals surface area (Å²) in [5.74, 6) is -0.243. The first kappa shape index (κ1) is 18.1. The third-order valence-corrected chi connectivity index (χ3v) is 7.16. The fourth-order valence-corrected chi connectivity index (χ4v) is 5.51. The van der Waals surface area contributed by atoms with Gasteiger partial charge in [0.05, 0.1) is 6.54 Å². The van der Waals surface area contributed by atoms with Crippen molar-refractivity contribution in [3.63, 3.8) is 0 Å². The number of nitrogens with zero attached hydrogens (tertiary/aromatic N) is 1. The van der Waals surface area contributed by atoms with E-state index in [0.717, 1.165) is 39.8 Å². The number of hydrogen-bond acceptors (Lipinski definition) is 5. The van der Waals surface area contributed by atoms with Gasteiger partial charge in [0.15, 0.2) is 0 Å². The van der Waals surface area contributed by atoms with Crippen LogP contribution in [0.15, 0.2) is 38.9 Å². The molecule has 1 saturated heterocycles. The van der Waals surface area contributed by atoms with Gasteiger partial charge in [-0.15, -0.1) is 11.3 Å². The van der Waals surface area contributed by atoms with Crippen molar-refractivity contribution in [2.75, 3.05) is 0 Å². The van der Waals surface area contributed by atoms with Crippen LogP contribution in [0.5, 0.6) is 0 Å². The minimum Gasteiger partial charge on any atom is -0.422 e. The van der Waals surface area contributed by atoms with E-state index >= 15 is 0 Å². The summed E-state index contributed by atoms with van der Waals surface area (Å²) in [5.41, 5.74) is 2.46. The molecule has 148 valence electrons. The largest absolute Gasteiger partial charge is 0.422 e. The van der Waals surface area contributed by atoms with Crippen molar-refractivity contribution in [3.05, 3.63) is 67.2 Å². The van der Waals surface area contributed by atoms with Gasteiger partial charge in [0.25, 0.3) is 5.91 Å². The zero-order chi connectivity index (χ0) is 20.3. The van der Waals surface area contributed by atoms with Crippen LogP contribution in [0.4, 0.5) is 4.79 Å². The van der Waals surface area contributed by atoms with Gasteiger partial charge in [-0.25, -0.2) is 9.59 Å². The van der Waals surface area contributed by atoms with Crippen molar-refractivity contribution >= 4 is 34.2 Å². The number of fused-ring (bicyclic) bond motifs is 3. The smallest absolute Gasteiger partial charge is 0.336 e. The van der Waals surface area contributed by atoms with Crippen molar-refractivity contribution in [2.24, 2.45) is 0 Å². The van der Waals surface area contributed by atoms with E-state index < -0.39 is 17.2 Å². The Hall–Kier alpha value is -2.93. The molecule has 2 aromatic heterocycles. The monoisotopic (exact) mass is 408 g/mol. The Labute approximate surface area is 171 Å². The van der Waals surface area contributed by atoms with E-state index in [1.165, 1.54) is 11.0 Å². The van der Waals surface area contributed by atoms with E-state index in [9.17, 15) is 14.4 Å². The van der Waals surface area contributed by atoms with E-state index in [1.807, 2.05) is 37.4 Å². The topological polar surface area (TPSA) is 79.6 Å². The zero-order valence-corrected chi connectivity index (χ0v) is 17.0. The number of amides is 3. The third kappa shape index (κ3) is 2.57. The molecule has 0 bridgehead atoms. The predicted molar refractivity (Wildman–Crippen MR) is 110 cm³/mol. The lowest BCUT2D eigenvalue weighted by Gasteiger charge is -2.31. The minimum absolute atomic E-state index is 0.0382. The maximum absolute atomic E-state index is 13.4. The summed E-state index contributed by atoms with van der Waals surface area (Å²) in [6, 6.07) is 6.73. The summed E-state index contributed by atoms with van der Waals surface area (Å²) >= 11 is 1.63. The van der Waals surface area contributed by atoms with E-state index in [1.54, 1.807) is 11.3 Å². The summed E-state index contributed by atoms with van der Waals surface area (Å²) in [7, 11) is 0. The molecular formula is C22H20N2O4S. The summed E-state index contributed by atoms with van der Waals surface area (Å²) in [6.07, 6.45) is 2.37. The average Bonchev–Trinajstić information content (AvgIpc) is 3.26. The molecule has 1 aliphatic heterocycles. The van der Waals surface area contributed by atoms with E-state index in [-0.39, 0.29) is 12.5 Å². The quantitative estimate of drug-likeness (QED) is 0.517. The molecular weight excluding hydrogens is 388 g/mol. The minimum atomic E-state index is -0.980. The first-order valence-corrected chi connectivity index (χ1v) is 10.5. The lowest BCUT2D eigenvalue weighted by molar-refractivity contribution is -0.132. The number of thiophene rings is 1. The maximum atomic E-state index is 13.4. The van der Waals surface area contributed by atoms with Gasteiger partial charge in [0, 0.05) is 21.9 Å². The SMILES string of the molecule is Cc1ccc2c(CN3C(=O)N[C@@]4(CCCc5sccc54)C3=O)cc(=O)oc2c1C. The molecule has 3 aromatic rings. The van der Waals surface area contributed by atoms with Crippen LogP contribution >= 0.6 is 11.3 Å².